The number of phenolic OH excluding ortho intramolecular Hbond substituents is 1. The zero-order valence-corrected chi connectivity index (χ0v) is 10.1. The minimum absolute atomic E-state index is 0.208. The van der Waals surface area contributed by atoms with E-state index >= 15 is 0 Å². The van der Waals surface area contributed by atoms with E-state index in [-0.39, 0.29) is 17.2 Å². The third-order valence-electron chi connectivity index (χ3n) is 2.62. The lowest BCUT2D eigenvalue weighted by Crippen LogP contribution is -2.25. The lowest BCUT2D eigenvalue weighted by atomic mass is 10.1. The molecule has 0 spiro atoms. The highest BCUT2D eigenvalue weighted by Gasteiger charge is 2.06. The zero-order valence-electron chi connectivity index (χ0n) is 10.1. The Labute approximate surface area is 109 Å². The molecule has 0 bridgehead atoms. The van der Waals surface area contributed by atoms with Crippen LogP contribution in [0.15, 0.2) is 42.6 Å². The molecule has 0 saturated heterocycles. The van der Waals surface area contributed by atoms with Crippen LogP contribution in [0, 0.1) is 5.95 Å². The van der Waals surface area contributed by atoms with Gasteiger partial charge in [0.1, 0.15) is 5.75 Å². The van der Waals surface area contributed by atoms with Crippen LogP contribution in [0.25, 0.3) is 0 Å². The fourth-order valence-corrected chi connectivity index (χ4v) is 1.63. The summed E-state index contributed by atoms with van der Waals surface area (Å²) in [5, 5.41) is 11.8. The van der Waals surface area contributed by atoms with Crippen molar-refractivity contribution in [3.63, 3.8) is 0 Å². The van der Waals surface area contributed by atoms with Crippen LogP contribution in [0.2, 0.25) is 0 Å². The molecule has 5 heteroatoms. The Morgan fingerprint density at radius 3 is 2.68 bits per heavy atom. The number of nitrogens with one attached hydrogen (secondary N) is 1. The van der Waals surface area contributed by atoms with Crippen molar-refractivity contribution in [2.75, 3.05) is 6.54 Å². The summed E-state index contributed by atoms with van der Waals surface area (Å²) >= 11 is 0. The summed E-state index contributed by atoms with van der Waals surface area (Å²) in [5.41, 5.74) is 1.25. The van der Waals surface area contributed by atoms with Gasteiger partial charge >= 0.3 is 0 Å². The molecule has 2 aromatic rings. The van der Waals surface area contributed by atoms with Crippen molar-refractivity contribution in [3.05, 3.63) is 59.7 Å². The SMILES string of the molecule is O=C(NCCc1ccc(O)cc1)c1ccnc(F)c1. The first kappa shape index (κ1) is 13.0. The molecular weight excluding hydrogens is 247 g/mol. The van der Waals surface area contributed by atoms with Gasteiger partial charge in [-0.15, -0.1) is 0 Å². The normalized spacial score (nSPS) is 10.2. The maximum atomic E-state index is 12.8. The first-order chi connectivity index (χ1) is 9.15. The number of benzene rings is 1. The summed E-state index contributed by atoms with van der Waals surface area (Å²) in [6, 6.07) is 9.31. The van der Waals surface area contributed by atoms with Crippen LogP contribution in [0.3, 0.4) is 0 Å². The maximum absolute atomic E-state index is 12.8. The number of phenols is 1. The molecule has 0 aliphatic carbocycles. The fraction of sp³-hybridized carbons (Fsp3) is 0.143. The van der Waals surface area contributed by atoms with Gasteiger partial charge in [0.25, 0.3) is 5.91 Å². The topological polar surface area (TPSA) is 62.2 Å². The molecule has 2 rings (SSSR count). The van der Waals surface area contributed by atoms with Gasteiger partial charge in [0.15, 0.2) is 0 Å². The molecule has 0 unspecified atom stereocenters. The lowest BCUT2D eigenvalue weighted by molar-refractivity contribution is 0.0953. The van der Waals surface area contributed by atoms with E-state index in [1.807, 2.05) is 0 Å². The predicted molar refractivity (Wildman–Crippen MR) is 68.3 cm³/mol. The third kappa shape index (κ3) is 3.77. The third-order valence-corrected chi connectivity index (χ3v) is 2.62. The highest BCUT2D eigenvalue weighted by atomic mass is 19.1. The molecule has 0 fully saturated rings. The van der Waals surface area contributed by atoms with Crippen LogP contribution in [-0.4, -0.2) is 22.5 Å². The van der Waals surface area contributed by atoms with Gasteiger partial charge in [-0.1, -0.05) is 12.1 Å². The molecule has 0 radical (unpaired) electrons. The van der Waals surface area contributed by atoms with Crippen molar-refractivity contribution < 1.29 is 14.3 Å². The quantitative estimate of drug-likeness (QED) is 0.825. The Balaban J connectivity index is 1.86. The van der Waals surface area contributed by atoms with Gasteiger partial charge < -0.3 is 10.4 Å². The highest BCUT2D eigenvalue weighted by molar-refractivity contribution is 5.93. The first-order valence-electron chi connectivity index (χ1n) is 5.83. The van der Waals surface area contributed by atoms with Gasteiger partial charge in [0.2, 0.25) is 5.95 Å². The summed E-state index contributed by atoms with van der Waals surface area (Å²) in [6.07, 6.45) is 1.89. The number of pyridine rings is 1. The molecule has 0 saturated carbocycles. The molecule has 19 heavy (non-hydrogen) atoms. The maximum Gasteiger partial charge on any atom is 0.251 e. The van der Waals surface area contributed by atoms with Gasteiger partial charge in [-0.3, -0.25) is 4.79 Å². The van der Waals surface area contributed by atoms with Crippen LogP contribution >= 0.6 is 0 Å². The smallest absolute Gasteiger partial charge is 0.251 e. The van der Waals surface area contributed by atoms with Crippen molar-refractivity contribution in [3.8, 4) is 5.75 Å². The number of aromatic nitrogens is 1. The Morgan fingerprint density at radius 2 is 2.00 bits per heavy atom. The second-order valence-electron chi connectivity index (χ2n) is 4.04. The van der Waals surface area contributed by atoms with E-state index in [0.29, 0.717) is 13.0 Å². The van der Waals surface area contributed by atoms with Gasteiger partial charge in [0, 0.05) is 24.4 Å². The van der Waals surface area contributed by atoms with Crippen LogP contribution in [0.4, 0.5) is 4.39 Å². The van der Waals surface area contributed by atoms with E-state index in [9.17, 15) is 9.18 Å². The monoisotopic (exact) mass is 260 g/mol. The first-order valence-corrected chi connectivity index (χ1v) is 5.83. The summed E-state index contributed by atoms with van der Waals surface area (Å²) < 4.78 is 12.8. The average molecular weight is 260 g/mol. The summed E-state index contributed by atoms with van der Waals surface area (Å²) in [5.74, 6) is -0.800. The molecule has 0 aliphatic rings. The highest BCUT2D eigenvalue weighted by Crippen LogP contribution is 2.09. The molecule has 1 amide bonds. The molecule has 98 valence electrons. The molecular formula is C14H13FN2O2. The van der Waals surface area contributed by atoms with Crippen molar-refractivity contribution in [2.24, 2.45) is 0 Å². The van der Waals surface area contributed by atoms with E-state index in [0.717, 1.165) is 11.6 Å². The summed E-state index contributed by atoms with van der Waals surface area (Å²) in [4.78, 5) is 15.1. The second kappa shape index (κ2) is 5.95. The number of amides is 1. The Morgan fingerprint density at radius 1 is 1.26 bits per heavy atom. The molecule has 4 nitrogen and oxygen atoms in total. The van der Waals surface area contributed by atoms with Crippen LogP contribution in [0.1, 0.15) is 15.9 Å². The van der Waals surface area contributed by atoms with Crippen LogP contribution in [-0.2, 0) is 6.42 Å². The van der Waals surface area contributed by atoms with Crippen molar-refractivity contribution in [1.29, 1.82) is 0 Å². The summed E-state index contributed by atoms with van der Waals surface area (Å²) in [6.45, 7) is 0.438. The number of hydrogen-bond acceptors (Lipinski definition) is 3. The van der Waals surface area contributed by atoms with E-state index < -0.39 is 5.95 Å². The van der Waals surface area contributed by atoms with Gasteiger partial charge in [-0.05, 0) is 30.2 Å². The van der Waals surface area contributed by atoms with Crippen LogP contribution < -0.4 is 5.32 Å². The number of carbonyl (C=O) groups is 1. The molecule has 1 heterocycles. The minimum Gasteiger partial charge on any atom is -0.508 e. The molecule has 1 aromatic heterocycles. The molecule has 2 N–H and O–H groups in total. The van der Waals surface area contributed by atoms with Crippen molar-refractivity contribution in [1.82, 2.24) is 10.3 Å². The number of halogens is 1. The van der Waals surface area contributed by atoms with E-state index in [1.165, 1.54) is 12.3 Å². The molecule has 0 atom stereocenters. The van der Waals surface area contributed by atoms with Crippen LogP contribution in [0.5, 0.6) is 5.75 Å². The van der Waals surface area contributed by atoms with Crippen molar-refractivity contribution in [2.45, 2.75) is 6.42 Å². The van der Waals surface area contributed by atoms with E-state index in [1.54, 1.807) is 24.3 Å². The minimum atomic E-state index is -0.675. The Bertz CT molecular complexity index is 570. The number of hydrogen-bond donors (Lipinski definition) is 2. The number of carbonyl (C=O) groups excluding carboxylic acids is 1. The second-order valence-corrected chi connectivity index (χ2v) is 4.04. The lowest BCUT2D eigenvalue weighted by Gasteiger charge is -2.05. The zero-order chi connectivity index (χ0) is 13.7. The van der Waals surface area contributed by atoms with Gasteiger partial charge in [0.05, 0.1) is 0 Å². The van der Waals surface area contributed by atoms with E-state index in [4.69, 9.17) is 5.11 Å². The number of aromatic hydroxyl groups is 1. The average Bonchev–Trinajstić information content (AvgIpc) is 2.41. The standard InChI is InChI=1S/C14H13FN2O2/c15-13-9-11(6-8-16-13)14(19)17-7-5-10-1-3-12(18)4-2-10/h1-4,6,8-9,18H,5,7H2,(H,17,19). The Hall–Kier alpha value is -2.43. The largest absolute Gasteiger partial charge is 0.508 e. The van der Waals surface area contributed by atoms with E-state index in [2.05, 4.69) is 10.3 Å². The number of rotatable bonds is 4. The fourth-order valence-electron chi connectivity index (χ4n) is 1.63. The number of nitrogens with zero attached hydrogens (tertiary/aromatic N) is 1. The molecule has 1 aromatic carbocycles. The van der Waals surface area contributed by atoms with Gasteiger partial charge in [-0.25, -0.2) is 4.98 Å². The van der Waals surface area contributed by atoms with Gasteiger partial charge in [-0.2, -0.15) is 4.39 Å². The molecule has 0 aliphatic heterocycles. The summed E-state index contributed by atoms with van der Waals surface area (Å²) in [7, 11) is 0. The van der Waals surface area contributed by atoms with Crippen molar-refractivity contribution >= 4 is 5.91 Å². The predicted octanol–water partition coefficient (Wildman–Crippen LogP) is 1.90. The Kier molecular flexibility index (Phi) is 4.07.